The number of alkyl halides is 1. The van der Waals surface area contributed by atoms with Gasteiger partial charge in [-0.1, -0.05) is 24.8 Å². The molecule has 0 amide bonds. The van der Waals surface area contributed by atoms with Crippen LogP contribution < -0.4 is 5.32 Å². The van der Waals surface area contributed by atoms with Gasteiger partial charge in [0.2, 0.25) is 0 Å². The smallest absolute Gasteiger partial charge is 0.107 e. The fraction of sp³-hybridized carbons (Fsp3) is 0.267. The molecule has 18 heavy (non-hydrogen) atoms. The molecule has 1 rings (SSSR count). The van der Waals surface area contributed by atoms with E-state index in [1.165, 1.54) is 0 Å². The van der Waals surface area contributed by atoms with E-state index in [4.69, 9.17) is 0 Å². The van der Waals surface area contributed by atoms with E-state index in [1.807, 2.05) is 50.3 Å². The molecule has 0 fully saturated rings. The van der Waals surface area contributed by atoms with E-state index in [9.17, 15) is 4.39 Å². The molecule has 0 spiro atoms. The summed E-state index contributed by atoms with van der Waals surface area (Å²) in [6.07, 6.45) is 3.87. The minimum Gasteiger partial charge on any atom is -0.382 e. The minimum absolute atomic E-state index is 0.332. The van der Waals surface area contributed by atoms with Crippen LogP contribution in [0.4, 0.5) is 10.1 Å². The standard InChI is InChI=1S/C15H19FN2/c1-4-5-12(2)18-13(3)14-6-8-15(9-7-14)17-11-10-16/h4-9,17H,3,10-11H2,1-2H3/b5-4-,18-12?. The highest BCUT2D eigenvalue weighted by Gasteiger charge is 1.98. The van der Waals surface area contributed by atoms with Crippen molar-refractivity contribution >= 4 is 17.1 Å². The van der Waals surface area contributed by atoms with Gasteiger partial charge in [0, 0.05) is 17.9 Å². The van der Waals surface area contributed by atoms with Gasteiger partial charge in [-0.3, -0.25) is 4.99 Å². The summed E-state index contributed by atoms with van der Waals surface area (Å²) in [7, 11) is 0. The predicted octanol–water partition coefficient (Wildman–Crippen LogP) is 4.08. The van der Waals surface area contributed by atoms with Gasteiger partial charge in [-0.05, 0) is 37.6 Å². The molecule has 0 saturated heterocycles. The summed E-state index contributed by atoms with van der Waals surface area (Å²) in [5, 5.41) is 2.97. The SMILES string of the molecule is C=C(N=C(C)/C=C\C)c1ccc(NCCF)cc1. The fourth-order valence-electron chi connectivity index (χ4n) is 1.53. The Balaban J connectivity index is 2.73. The quantitative estimate of drug-likeness (QED) is 0.752. The average Bonchev–Trinajstić information content (AvgIpc) is 2.37. The van der Waals surface area contributed by atoms with Crippen LogP contribution >= 0.6 is 0 Å². The minimum atomic E-state index is -0.374. The van der Waals surface area contributed by atoms with Crippen molar-refractivity contribution in [3.8, 4) is 0 Å². The maximum atomic E-state index is 12.0. The molecule has 3 heteroatoms. The van der Waals surface area contributed by atoms with E-state index in [0.29, 0.717) is 6.54 Å². The van der Waals surface area contributed by atoms with Crippen LogP contribution in [0.1, 0.15) is 19.4 Å². The first-order chi connectivity index (χ1) is 8.67. The molecule has 0 saturated carbocycles. The number of rotatable bonds is 6. The van der Waals surface area contributed by atoms with Gasteiger partial charge in [0.05, 0.1) is 5.70 Å². The van der Waals surface area contributed by atoms with Crippen molar-refractivity contribution < 1.29 is 4.39 Å². The number of nitrogens with one attached hydrogen (secondary N) is 1. The lowest BCUT2D eigenvalue weighted by molar-refractivity contribution is 0.513. The monoisotopic (exact) mass is 246 g/mol. The van der Waals surface area contributed by atoms with E-state index in [2.05, 4.69) is 16.9 Å². The lowest BCUT2D eigenvalue weighted by Crippen LogP contribution is -2.02. The van der Waals surface area contributed by atoms with Crippen LogP contribution in [0, 0.1) is 0 Å². The van der Waals surface area contributed by atoms with Crippen LogP contribution in [0.3, 0.4) is 0 Å². The third kappa shape index (κ3) is 4.53. The molecular formula is C15H19FN2. The third-order valence-electron chi connectivity index (χ3n) is 2.36. The van der Waals surface area contributed by atoms with Crippen molar-refractivity contribution in [2.75, 3.05) is 18.5 Å². The lowest BCUT2D eigenvalue weighted by atomic mass is 10.1. The van der Waals surface area contributed by atoms with Crippen LogP contribution in [0.5, 0.6) is 0 Å². The molecule has 0 aliphatic carbocycles. The Morgan fingerprint density at radius 3 is 2.61 bits per heavy atom. The zero-order valence-electron chi connectivity index (χ0n) is 10.9. The van der Waals surface area contributed by atoms with Gasteiger partial charge < -0.3 is 5.32 Å². The molecule has 2 nitrogen and oxygen atoms in total. The Labute approximate surface area is 108 Å². The second-order valence-electron chi connectivity index (χ2n) is 3.89. The second kappa shape index (κ2) is 7.43. The highest BCUT2D eigenvalue weighted by Crippen LogP contribution is 2.17. The topological polar surface area (TPSA) is 24.4 Å². The molecule has 0 radical (unpaired) electrons. The van der Waals surface area contributed by atoms with Crippen molar-refractivity contribution in [2.24, 2.45) is 4.99 Å². The van der Waals surface area contributed by atoms with Gasteiger partial charge in [-0.25, -0.2) is 4.39 Å². The molecule has 0 aromatic heterocycles. The highest BCUT2D eigenvalue weighted by molar-refractivity contribution is 5.96. The Kier molecular flexibility index (Phi) is 5.85. The summed E-state index contributed by atoms with van der Waals surface area (Å²) >= 11 is 0. The van der Waals surface area contributed by atoms with Gasteiger partial charge in [0.15, 0.2) is 0 Å². The van der Waals surface area contributed by atoms with Crippen molar-refractivity contribution in [1.29, 1.82) is 0 Å². The van der Waals surface area contributed by atoms with Crippen LogP contribution in [0.25, 0.3) is 5.70 Å². The molecule has 0 atom stereocenters. The number of nitrogens with zero attached hydrogens (tertiary/aromatic N) is 1. The summed E-state index contributed by atoms with van der Waals surface area (Å²) in [5.41, 5.74) is 3.51. The van der Waals surface area contributed by atoms with Gasteiger partial charge in [0.1, 0.15) is 6.67 Å². The molecule has 0 heterocycles. The normalized spacial score (nSPS) is 11.8. The zero-order valence-corrected chi connectivity index (χ0v) is 10.9. The molecule has 96 valence electrons. The van der Waals surface area contributed by atoms with Crippen molar-refractivity contribution in [3.63, 3.8) is 0 Å². The number of anilines is 1. The molecule has 1 N–H and O–H groups in total. The first-order valence-electron chi connectivity index (χ1n) is 5.94. The molecular weight excluding hydrogens is 227 g/mol. The Bertz CT molecular complexity index is 444. The number of hydrogen-bond acceptors (Lipinski definition) is 2. The van der Waals surface area contributed by atoms with Gasteiger partial charge >= 0.3 is 0 Å². The number of aliphatic imine (C=N–C) groups is 1. The van der Waals surface area contributed by atoms with E-state index in [1.54, 1.807) is 0 Å². The number of allylic oxidation sites excluding steroid dienone is 2. The van der Waals surface area contributed by atoms with E-state index in [0.717, 1.165) is 22.7 Å². The highest BCUT2D eigenvalue weighted by atomic mass is 19.1. The molecule has 1 aromatic carbocycles. The van der Waals surface area contributed by atoms with Crippen molar-refractivity contribution in [1.82, 2.24) is 0 Å². The van der Waals surface area contributed by atoms with Gasteiger partial charge in [-0.2, -0.15) is 0 Å². The summed E-state index contributed by atoms with van der Waals surface area (Å²) in [6.45, 7) is 7.78. The Morgan fingerprint density at radius 1 is 1.39 bits per heavy atom. The van der Waals surface area contributed by atoms with E-state index >= 15 is 0 Å². The first-order valence-corrected chi connectivity index (χ1v) is 5.94. The van der Waals surface area contributed by atoms with Crippen molar-refractivity contribution in [3.05, 3.63) is 48.6 Å². The number of benzene rings is 1. The van der Waals surface area contributed by atoms with E-state index < -0.39 is 0 Å². The van der Waals surface area contributed by atoms with Crippen LogP contribution in [0.2, 0.25) is 0 Å². The van der Waals surface area contributed by atoms with Crippen LogP contribution in [-0.4, -0.2) is 18.9 Å². The third-order valence-corrected chi connectivity index (χ3v) is 2.36. The largest absolute Gasteiger partial charge is 0.382 e. The average molecular weight is 246 g/mol. The van der Waals surface area contributed by atoms with Crippen LogP contribution in [-0.2, 0) is 0 Å². The van der Waals surface area contributed by atoms with Crippen molar-refractivity contribution in [2.45, 2.75) is 13.8 Å². The lowest BCUT2D eigenvalue weighted by Gasteiger charge is -2.05. The summed E-state index contributed by atoms with van der Waals surface area (Å²) in [5.74, 6) is 0. The summed E-state index contributed by atoms with van der Waals surface area (Å²) in [6, 6.07) is 7.65. The van der Waals surface area contributed by atoms with Crippen LogP contribution in [0.15, 0.2) is 48.0 Å². The Morgan fingerprint density at radius 2 is 2.06 bits per heavy atom. The predicted molar refractivity (Wildman–Crippen MR) is 77.9 cm³/mol. The second-order valence-corrected chi connectivity index (χ2v) is 3.89. The van der Waals surface area contributed by atoms with Gasteiger partial charge in [-0.15, -0.1) is 0 Å². The fourth-order valence-corrected chi connectivity index (χ4v) is 1.53. The maximum Gasteiger partial charge on any atom is 0.107 e. The summed E-state index contributed by atoms with van der Waals surface area (Å²) in [4.78, 5) is 4.38. The molecule has 0 aliphatic rings. The number of halogens is 1. The Hall–Kier alpha value is -1.90. The number of hydrogen-bond donors (Lipinski definition) is 1. The first kappa shape index (κ1) is 14.2. The van der Waals surface area contributed by atoms with Gasteiger partial charge in [0.25, 0.3) is 0 Å². The zero-order chi connectivity index (χ0) is 13.4. The molecule has 1 aromatic rings. The molecule has 0 unspecified atom stereocenters. The molecule has 0 aliphatic heterocycles. The summed E-state index contributed by atoms with van der Waals surface area (Å²) < 4.78 is 12.0. The maximum absolute atomic E-state index is 12.0. The van der Waals surface area contributed by atoms with E-state index in [-0.39, 0.29) is 6.67 Å². The molecule has 0 bridgehead atoms.